The van der Waals surface area contributed by atoms with Crippen molar-refractivity contribution >= 4 is 0 Å². The van der Waals surface area contributed by atoms with Gasteiger partial charge < -0.3 is 19.5 Å². The van der Waals surface area contributed by atoms with E-state index < -0.39 is 0 Å². The van der Waals surface area contributed by atoms with E-state index in [0.717, 1.165) is 18.9 Å². The van der Waals surface area contributed by atoms with Gasteiger partial charge in [-0.2, -0.15) is 0 Å². The summed E-state index contributed by atoms with van der Waals surface area (Å²) >= 11 is 0. The van der Waals surface area contributed by atoms with E-state index in [-0.39, 0.29) is 0 Å². The molecule has 0 aliphatic carbocycles. The zero-order chi connectivity index (χ0) is 14.6. The largest absolute Gasteiger partial charge is 0.491 e. The SMILES string of the molecule is CCOCCOCCOc1ccc(CNC(C)C)cc1. The molecule has 0 saturated carbocycles. The van der Waals surface area contributed by atoms with Crippen molar-refractivity contribution in [2.75, 3.05) is 33.0 Å². The molecule has 20 heavy (non-hydrogen) atoms. The molecule has 0 amide bonds. The third-order valence-corrected chi connectivity index (χ3v) is 2.71. The first-order chi connectivity index (χ1) is 9.72. The van der Waals surface area contributed by atoms with Crippen molar-refractivity contribution in [3.8, 4) is 5.75 Å². The van der Waals surface area contributed by atoms with Gasteiger partial charge in [0.05, 0.1) is 19.8 Å². The third kappa shape index (κ3) is 8.15. The molecule has 0 fully saturated rings. The third-order valence-electron chi connectivity index (χ3n) is 2.71. The molecule has 0 saturated heterocycles. The molecular formula is C16H27NO3. The minimum Gasteiger partial charge on any atom is -0.491 e. The highest BCUT2D eigenvalue weighted by molar-refractivity contribution is 5.27. The lowest BCUT2D eigenvalue weighted by atomic mass is 10.2. The number of ether oxygens (including phenoxy) is 3. The predicted octanol–water partition coefficient (Wildman–Crippen LogP) is 2.62. The number of nitrogens with one attached hydrogen (secondary N) is 1. The van der Waals surface area contributed by atoms with Crippen LogP contribution < -0.4 is 10.1 Å². The average Bonchev–Trinajstić information content (AvgIpc) is 2.45. The molecule has 4 nitrogen and oxygen atoms in total. The van der Waals surface area contributed by atoms with Crippen LogP contribution in [0.15, 0.2) is 24.3 Å². The molecule has 1 rings (SSSR count). The quantitative estimate of drug-likeness (QED) is 0.633. The molecule has 0 atom stereocenters. The molecule has 0 spiro atoms. The van der Waals surface area contributed by atoms with Gasteiger partial charge in [-0.1, -0.05) is 26.0 Å². The number of benzene rings is 1. The Hall–Kier alpha value is -1.10. The smallest absolute Gasteiger partial charge is 0.119 e. The van der Waals surface area contributed by atoms with E-state index >= 15 is 0 Å². The second kappa shape index (κ2) is 10.7. The Morgan fingerprint density at radius 1 is 0.950 bits per heavy atom. The van der Waals surface area contributed by atoms with E-state index in [1.807, 2.05) is 19.1 Å². The Bertz CT molecular complexity index is 338. The van der Waals surface area contributed by atoms with Gasteiger partial charge in [-0.05, 0) is 24.6 Å². The fourth-order valence-electron chi connectivity index (χ4n) is 1.61. The maximum atomic E-state index is 5.61. The fourth-order valence-corrected chi connectivity index (χ4v) is 1.61. The second-order valence-electron chi connectivity index (χ2n) is 4.84. The van der Waals surface area contributed by atoms with Crippen LogP contribution in [0.25, 0.3) is 0 Å². The Balaban J connectivity index is 2.12. The summed E-state index contributed by atoms with van der Waals surface area (Å²) in [6, 6.07) is 8.66. The van der Waals surface area contributed by atoms with Gasteiger partial charge in [0.15, 0.2) is 0 Å². The Labute approximate surface area is 122 Å². The van der Waals surface area contributed by atoms with E-state index in [4.69, 9.17) is 14.2 Å². The van der Waals surface area contributed by atoms with Crippen LogP contribution in [-0.4, -0.2) is 39.1 Å². The predicted molar refractivity (Wildman–Crippen MR) is 81.2 cm³/mol. The lowest BCUT2D eigenvalue weighted by molar-refractivity contribution is 0.0405. The fraction of sp³-hybridized carbons (Fsp3) is 0.625. The van der Waals surface area contributed by atoms with Crippen LogP contribution in [0.2, 0.25) is 0 Å². The van der Waals surface area contributed by atoms with Crippen LogP contribution >= 0.6 is 0 Å². The van der Waals surface area contributed by atoms with Gasteiger partial charge in [0, 0.05) is 19.2 Å². The lowest BCUT2D eigenvalue weighted by Crippen LogP contribution is -2.21. The normalized spacial score (nSPS) is 11.0. The van der Waals surface area contributed by atoms with Crippen LogP contribution in [0.1, 0.15) is 26.3 Å². The Kier molecular flexibility index (Phi) is 9.04. The molecule has 0 heterocycles. The topological polar surface area (TPSA) is 39.7 Å². The van der Waals surface area contributed by atoms with Crippen molar-refractivity contribution in [2.45, 2.75) is 33.4 Å². The van der Waals surface area contributed by atoms with Crippen LogP contribution in [0.4, 0.5) is 0 Å². The van der Waals surface area contributed by atoms with Gasteiger partial charge in [-0.15, -0.1) is 0 Å². The van der Waals surface area contributed by atoms with Crippen molar-refractivity contribution in [3.63, 3.8) is 0 Å². The van der Waals surface area contributed by atoms with E-state index in [1.54, 1.807) is 0 Å². The summed E-state index contributed by atoms with van der Waals surface area (Å²) in [5.41, 5.74) is 1.26. The first-order valence-electron chi connectivity index (χ1n) is 7.33. The summed E-state index contributed by atoms with van der Waals surface area (Å²) in [7, 11) is 0. The minimum absolute atomic E-state index is 0.500. The van der Waals surface area contributed by atoms with Gasteiger partial charge in [0.25, 0.3) is 0 Å². The van der Waals surface area contributed by atoms with Gasteiger partial charge in [0.1, 0.15) is 12.4 Å². The molecule has 0 aromatic heterocycles. The summed E-state index contributed by atoms with van der Waals surface area (Å²) in [5, 5.41) is 3.39. The summed E-state index contributed by atoms with van der Waals surface area (Å²) in [6.07, 6.45) is 0. The van der Waals surface area contributed by atoms with Crippen LogP contribution in [0, 0.1) is 0 Å². The Morgan fingerprint density at radius 3 is 2.25 bits per heavy atom. The zero-order valence-corrected chi connectivity index (χ0v) is 12.9. The average molecular weight is 281 g/mol. The monoisotopic (exact) mass is 281 g/mol. The molecule has 1 aromatic carbocycles. The summed E-state index contributed by atoms with van der Waals surface area (Å²) < 4.78 is 16.2. The van der Waals surface area contributed by atoms with E-state index in [2.05, 4.69) is 31.3 Å². The molecule has 1 N–H and O–H groups in total. The highest BCUT2D eigenvalue weighted by Gasteiger charge is 1.97. The number of hydrogen-bond acceptors (Lipinski definition) is 4. The molecule has 0 radical (unpaired) electrons. The minimum atomic E-state index is 0.500. The second-order valence-corrected chi connectivity index (χ2v) is 4.84. The van der Waals surface area contributed by atoms with Crippen molar-refractivity contribution < 1.29 is 14.2 Å². The molecule has 114 valence electrons. The summed E-state index contributed by atoms with van der Waals surface area (Å²) in [4.78, 5) is 0. The van der Waals surface area contributed by atoms with E-state index in [0.29, 0.717) is 32.5 Å². The number of hydrogen-bond donors (Lipinski definition) is 1. The first-order valence-corrected chi connectivity index (χ1v) is 7.33. The standard InChI is InChI=1S/C16H27NO3/c1-4-18-9-10-19-11-12-20-16-7-5-15(6-8-16)13-17-14(2)3/h5-8,14,17H,4,9-13H2,1-3H3. The molecular weight excluding hydrogens is 254 g/mol. The van der Waals surface area contributed by atoms with Crippen LogP contribution in [-0.2, 0) is 16.0 Å². The van der Waals surface area contributed by atoms with E-state index in [9.17, 15) is 0 Å². The van der Waals surface area contributed by atoms with Crippen molar-refractivity contribution in [3.05, 3.63) is 29.8 Å². The van der Waals surface area contributed by atoms with E-state index in [1.165, 1.54) is 5.56 Å². The first kappa shape index (κ1) is 17.0. The zero-order valence-electron chi connectivity index (χ0n) is 12.9. The summed E-state index contributed by atoms with van der Waals surface area (Å²) in [5.74, 6) is 0.881. The van der Waals surface area contributed by atoms with Gasteiger partial charge in [-0.25, -0.2) is 0 Å². The Morgan fingerprint density at radius 2 is 1.60 bits per heavy atom. The highest BCUT2D eigenvalue weighted by atomic mass is 16.5. The maximum Gasteiger partial charge on any atom is 0.119 e. The van der Waals surface area contributed by atoms with Crippen molar-refractivity contribution in [1.29, 1.82) is 0 Å². The molecule has 4 heteroatoms. The molecule has 1 aromatic rings. The summed E-state index contributed by atoms with van der Waals surface area (Å²) in [6.45, 7) is 10.3. The highest BCUT2D eigenvalue weighted by Crippen LogP contribution is 2.12. The van der Waals surface area contributed by atoms with Gasteiger partial charge >= 0.3 is 0 Å². The van der Waals surface area contributed by atoms with Crippen molar-refractivity contribution in [1.82, 2.24) is 5.32 Å². The lowest BCUT2D eigenvalue weighted by Gasteiger charge is -2.10. The van der Waals surface area contributed by atoms with Gasteiger partial charge in [-0.3, -0.25) is 0 Å². The number of rotatable bonds is 11. The van der Waals surface area contributed by atoms with Crippen LogP contribution in [0.3, 0.4) is 0 Å². The maximum absolute atomic E-state index is 5.61. The molecule has 0 unspecified atom stereocenters. The van der Waals surface area contributed by atoms with Crippen LogP contribution in [0.5, 0.6) is 5.75 Å². The molecule has 0 aliphatic heterocycles. The molecule has 0 bridgehead atoms. The van der Waals surface area contributed by atoms with Crippen molar-refractivity contribution in [2.24, 2.45) is 0 Å². The molecule has 0 aliphatic rings. The van der Waals surface area contributed by atoms with Gasteiger partial charge in [0.2, 0.25) is 0 Å².